The minimum absolute atomic E-state index is 0.0161. The van der Waals surface area contributed by atoms with E-state index in [9.17, 15) is 17.6 Å². The van der Waals surface area contributed by atoms with Gasteiger partial charge in [-0.1, -0.05) is 13.0 Å². The van der Waals surface area contributed by atoms with Gasteiger partial charge in [-0.15, -0.1) is 0 Å². The molecule has 0 bridgehead atoms. The Morgan fingerprint density at radius 1 is 1.53 bits per heavy atom. The van der Waals surface area contributed by atoms with Crippen molar-refractivity contribution in [2.75, 3.05) is 5.75 Å². The van der Waals surface area contributed by atoms with Gasteiger partial charge in [-0.2, -0.15) is 0 Å². The van der Waals surface area contributed by atoms with Crippen LogP contribution in [0.1, 0.15) is 18.4 Å². The van der Waals surface area contributed by atoms with Crippen molar-refractivity contribution in [3.63, 3.8) is 0 Å². The molecule has 2 atom stereocenters. The zero-order chi connectivity index (χ0) is 12.8. The minimum atomic E-state index is -3.56. The van der Waals surface area contributed by atoms with E-state index in [1.54, 1.807) is 0 Å². The topological polar surface area (TPSA) is 71.4 Å². The molecule has 1 N–H and O–H groups in total. The lowest BCUT2D eigenvalue weighted by Crippen LogP contribution is -2.20. The van der Waals surface area contributed by atoms with Crippen LogP contribution in [0.15, 0.2) is 23.1 Å². The van der Waals surface area contributed by atoms with Crippen LogP contribution < -0.4 is 0 Å². The maximum atomic E-state index is 13.7. The third kappa shape index (κ3) is 1.82. The van der Waals surface area contributed by atoms with Crippen molar-refractivity contribution in [2.24, 2.45) is 5.92 Å². The summed E-state index contributed by atoms with van der Waals surface area (Å²) in [6.45, 7) is 1.39. The minimum Gasteiger partial charge on any atom is -0.481 e. The number of hydrogen-bond acceptors (Lipinski definition) is 3. The average Bonchev–Trinajstić information content (AvgIpc) is 2.51. The van der Waals surface area contributed by atoms with Crippen molar-refractivity contribution in [1.29, 1.82) is 0 Å². The van der Waals surface area contributed by atoms with Crippen molar-refractivity contribution >= 4 is 15.8 Å². The molecule has 1 heterocycles. The van der Waals surface area contributed by atoms with Crippen LogP contribution in [0.3, 0.4) is 0 Å². The zero-order valence-electron chi connectivity index (χ0n) is 9.05. The number of hydrogen-bond donors (Lipinski definition) is 1. The lowest BCUT2D eigenvalue weighted by Gasteiger charge is -2.14. The van der Waals surface area contributed by atoms with Crippen molar-refractivity contribution in [3.8, 4) is 0 Å². The van der Waals surface area contributed by atoms with Gasteiger partial charge in [0.2, 0.25) is 0 Å². The van der Waals surface area contributed by atoms with E-state index in [1.807, 2.05) is 0 Å². The number of carboxylic acid groups (broad SMARTS) is 1. The summed E-state index contributed by atoms with van der Waals surface area (Å²) in [5.41, 5.74) is 0.0161. The lowest BCUT2D eigenvalue weighted by atomic mass is 9.89. The molecule has 2 unspecified atom stereocenters. The second-order valence-corrected chi connectivity index (χ2v) is 6.17. The Bertz CT molecular complexity index is 579. The maximum absolute atomic E-state index is 13.7. The molecular formula is C11H11FO4S. The second kappa shape index (κ2) is 3.80. The van der Waals surface area contributed by atoms with E-state index >= 15 is 0 Å². The molecule has 0 amide bonds. The first-order chi connectivity index (χ1) is 7.84. The SMILES string of the molecule is CC(C(=O)O)C1CS(=O)(=O)c2cccc(F)c21. The van der Waals surface area contributed by atoms with E-state index in [0.717, 1.165) is 6.07 Å². The van der Waals surface area contributed by atoms with Crippen LogP contribution in [0, 0.1) is 11.7 Å². The van der Waals surface area contributed by atoms with Gasteiger partial charge in [0.25, 0.3) is 0 Å². The molecule has 0 aromatic heterocycles. The van der Waals surface area contributed by atoms with Crippen molar-refractivity contribution in [2.45, 2.75) is 17.7 Å². The van der Waals surface area contributed by atoms with Gasteiger partial charge >= 0.3 is 5.97 Å². The molecule has 1 aromatic rings. The molecule has 0 saturated carbocycles. The molecule has 0 saturated heterocycles. The van der Waals surface area contributed by atoms with Gasteiger partial charge in [0.1, 0.15) is 5.82 Å². The smallest absolute Gasteiger partial charge is 0.306 e. The molecule has 6 heteroatoms. The van der Waals surface area contributed by atoms with Gasteiger partial charge in [-0.05, 0) is 12.1 Å². The highest BCUT2D eigenvalue weighted by atomic mass is 32.2. The van der Waals surface area contributed by atoms with Crippen molar-refractivity contribution in [1.82, 2.24) is 0 Å². The molecule has 0 spiro atoms. The first kappa shape index (κ1) is 12.0. The first-order valence-corrected chi connectivity index (χ1v) is 6.74. The summed E-state index contributed by atoms with van der Waals surface area (Å²) in [4.78, 5) is 10.8. The molecule has 4 nitrogen and oxygen atoms in total. The predicted molar refractivity (Wildman–Crippen MR) is 58.0 cm³/mol. The van der Waals surface area contributed by atoms with Gasteiger partial charge in [0.15, 0.2) is 9.84 Å². The van der Waals surface area contributed by atoms with Gasteiger partial charge in [0, 0.05) is 11.5 Å². The first-order valence-electron chi connectivity index (χ1n) is 5.08. The van der Waals surface area contributed by atoms with Gasteiger partial charge in [0.05, 0.1) is 16.6 Å². The van der Waals surface area contributed by atoms with Crippen LogP contribution in [0.2, 0.25) is 0 Å². The maximum Gasteiger partial charge on any atom is 0.306 e. The number of benzene rings is 1. The number of fused-ring (bicyclic) bond motifs is 1. The van der Waals surface area contributed by atoms with Gasteiger partial charge < -0.3 is 5.11 Å². The number of carboxylic acids is 1. The number of carbonyl (C=O) groups is 1. The highest BCUT2D eigenvalue weighted by Gasteiger charge is 2.41. The van der Waals surface area contributed by atoms with Crippen LogP contribution >= 0.6 is 0 Å². The van der Waals surface area contributed by atoms with E-state index in [0.29, 0.717) is 0 Å². The summed E-state index contributed by atoms with van der Waals surface area (Å²) in [5.74, 6) is -3.85. The summed E-state index contributed by atoms with van der Waals surface area (Å²) >= 11 is 0. The van der Waals surface area contributed by atoms with Crippen molar-refractivity contribution < 1.29 is 22.7 Å². The second-order valence-electron chi connectivity index (χ2n) is 4.17. The van der Waals surface area contributed by atoms with Crippen LogP contribution in [0.25, 0.3) is 0 Å². The third-order valence-corrected chi connectivity index (χ3v) is 4.93. The summed E-state index contributed by atoms with van der Waals surface area (Å²) < 4.78 is 37.2. The Morgan fingerprint density at radius 3 is 2.76 bits per heavy atom. The molecule has 92 valence electrons. The quantitative estimate of drug-likeness (QED) is 0.870. The number of halogens is 1. The Labute approximate surface area is 98.0 Å². The molecule has 0 radical (unpaired) electrons. The fourth-order valence-electron chi connectivity index (χ4n) is 2.12. The molecular weight excluding hydrogens is 247 g/mol. The largest absolute Gasteiger partial charge is 0.481 e. The summed E-state index contributed by atoms with van der Waals surface area (Å²) in [5, 5.41) is 8.91. The normalized spacial score (nSPS) is 23.1. The fraction of sp³-hybridized carbons (Fsp3) is 0.364. The summed E-state index contributed by atoms with van der Waals surface area (Å²) in [6, 6.07) is 3.79. The number of aliphatic carboxylic acids is 1. The molecule has 2 rings (SSSR count). The molecule has 0 fully saturated rings. The zero-order valence-corrected chi connectivity index (χ0v) is 9.87. The third-order valence-electron chi connectivity index (χ3n) is 3.11. The highest BCUT2D eigenvalue weighted by molar-refractivity contribution is 7.91. The van der Waals surface area contributed by atoms with Crippen LogP contribution in [0.4, 0.5) is 4.39 Å². The Balaban J connectivity index is 2.62. The van der Waals surface area contributed by atoms with Crippen LogP contribution in [-0.2, 0) is 14.6 Å². The van der Waals surface area contributed by atoms with E-state index in [1.165, 1.54) is 19.1 Å². The standard InChI is InChI=1S/C11H11FO4S/c1-6(11(13)14)7-5-17(15,16)9-4-2-3-8(12)10(7)9/h2-4,6-7H,5H2,1H3,(H,13,14). The Kier molecular flexibility index (Phi) is 2.69. The molecule has 1 aliphatic rings. The van der Waals surface area contributed by atoms with Gasteiger partial charge in [-0.3, -0.25) is 4.79 Å². The van der Waals surface area contributed by atoms with E-state index < -0.39 is 33.5 Å². The summed E-state index contributed by atoms with van der Waals surface area (Å²) in [7, 11) is -3.56. The monoisotopic (exact) mass is 258 g/mol. The van der Waals surface area contributed by atoms with Crippen LogP contribution in [-0.4, -0.2) is 25.2 Å². The lowest BCUT2D eigenvalue weighted by molar-refractivity contribution is -0.141. The molecule has 0 aliphatic carbocycles. The number of rotatable bonds is 2. The van der Waals surface area contributed by atoms with Gasteiger partial charge in [-0.25, -0.2) is 12.8 Å². The van der Waals surface area contributed by atoms with Crippen molar-refractivity contribution in [3.05, 3.63) is 29.6 Å². The van der Waals surface area contributed by atoms with Crippen LogP contribution in [0.5, 0.6) is 0 Å². The summed E-state index contributed by atoms with van der Waals surface area (Å²) in [6.07, 6.45) is 0. The van der Waals surface area contributed by atoms with E-state index in [4.69, 9.17) is 5.11 Å². The highest BCUT2D eigenvalue weighted by Crippen LogP contribution is 2.40. The molecule has 17 heavy (non-hydrogen) atoms. The Morgan fingerprint density at radius 2 is 2.18 bits per heavy atom. The predicted octanol–water partition coefficient (Wildman–Crippen LogP) is 1.42. The average molecular weight is 258 g/mol. The molecule has 1 aliphatic heterocycles. The Hall–Kier alpha value is -1.43. The van der Waals surface area contributed by atoms with E-state index in [2.05, 4.69) is 0 Å². The fourth-order valence-corrected chi connectivity index (χ4v) is 4.10. The molecule has 1 aromatic carbocycles. The van der Waals surface area contributed by atoms with E-state index in [-0.39, 0.29) is 16.2 Å². The number of sulfone groups is 1.